The van der Waals surface area contributed by atoms with Crippen LogP contribution in [0.25, 0.3) is 10.4 Å². The normalized spacial score (nSPS) is 16.6. The standard InChI is InChI=1S/C41H41FN4O5S2/c1-26-35(52-25-44-26)32-20-19-27(21-33(32)42)23-43-37(48)34-22-31(47)24-46(34)38(49)36(45-39(50)51)40(2,3)53-41(28-13-7-4-8-14-28,29-15-9-5-10-16-29)30-17-11-6-12-18-30/h4-21,25,31,34,36,45,47H,22-24H2,1-3H3,(H,43,48)(H,50,51)/t31-,34-,36?/m1/s1. The van der Waals surface area contributed by atoms with E-state index in [-0.39, 0.29) is 19.5 Å². The van der Waals surface area contributed by atoms with Gasteiger partial charge >= 0.3 is 6.09 Å². The van der Waals surface area contributed by atoms with Gasteiger partial charge < -0.3 is 25.7 Å². The summed E-state index contributed by atoms with van der Waals surface area (Å²) in [5, 5.41) is 26.1. The highest BCUT2D eigenvalue weighted by Crippen LogP contribution is 2.54. The summed E-state index contributed by atoms with van der Waals surface area (Å²) in [6, 6.07) is 31.9. The molecule has 0 bridgehead atoms. The lowest BCUT2D eigenvalue weighted by molar-refractivity contribution is -0.140. The van der Waals surface area contributed by atoms with Crippen molar-refractivity contribution >= 4 is 41.0 Å². The number of thiazole rings is 1. The van der Waals surface area contributed by atoms with Gasteiger partial charge in [-0.05, 0) is 49.1 Å². The number of aliphatic hydroxyl groups excluding tert-OH is 1. The molecule has 1 aromatic heterocycles. The third-order valence-electron chi connectivity index (χ3n) is 9.52. The second-order valence-electron chi connectivity index (χ2n) is 13.6. The number of halogens is 1. The van der Waals surface area contributed by atoms with E-state index in [0.29, 0.717) is 11.1 Å². The summed E-state index contributed by atoms with van der Waals surface area (Å²) in [6.45, 7) is 5.26. The van der Waals surface area contributed by atoms with E-state index < -0.39 is 51.4 Å². The van der Waals surface area contributed by atoms with Crippen LogP contribution in [0.5, 0.6) is 0 Å². The van der Waals surface area contributed by atoms with Crippen molar-refractivity contribution in [1.82, 2.24) is 20.5 Å². The quantitative estimate of drug-likeness (QED) is 0.101. The third kappa shape index (κ3) is 8.00. The van der Waals surface area contributed by atoms with Crippen molar-refractivity contribution in [1.29, 1.82) is 0 Å². The Morgan fingerprint density at radius 1 is 0.943 bits per heavy atom. The summed E-state index contributed by atoms with van der Waals surface area (Å²) < 4.78 is 13.1. The minimum atomic E-state index is -1.40. The smallest absolute Gasteiger partial charge is 0.405 e. The van der Waals surface area contributed by atoms with Crippen molar-refractivity contribution in [2.24, 2.45) is 0 Å². The molecule has 1 unspecified atom stereocenters. The van der Waals surface area contributed by atoms with Crippen molar-refractivity contribution in [3.63, 3.8) is 0 Å². The van der Waals surface area contributed by atoms with Crippen molar-refractivity contribution in [2.45, 2.75) is 61.4 Å². The van der Waals surface area contributed by atoms with Gasteiger partial charge in [-0.1, -0.05) is 103 Å². The molecule has 0 radical (unpaired) electrons. The fourth-order valence-electron chi connectivity index (χ4n) is 7.00. The van der Waals surface area contributed by atoms with Crippen molar-refractivity contribution in [3.05, 3.63) is 148 Å². The highest BCUT2D eigenvalue weighted by molar-refractivity contribution is 8.02. The predicted octanol–water partition coefficient (Wildman–Crippen LogP) is 6.98. The van der Waals surface area contributed by atoms with Gasteiger partial charge in [-0.15, -0.1) is 23.1 Å². The van der Waals surface area contributed by atoms with Crippen LogP contribution >= 0.6 is 23.1 Å². The number of aryl methyl sites for hydroxylation is 1. The number of carbonyl (C=O) groups excluding carboxylic acids is 2. The van der Waals surface area contributed by atoms with Crippen LogP contribution in [0.2, 0.25) is 0 Å². The van der Waals surface area contributed by atoms with E-state index >= 15 is 4.39 Å². The van der Waals surface area contributed by atoms with Crippen molar-refractivity contribution in [2.75, 3.05) is 6.54 Å². The number of hydrogen-bond donors (Lipinski definition) is 4. The molecule has 3 amide bonds. The Morgan fingerprint density at radius 2 is 1.51 bits per heavy atom. The lowest BCUT2D eigenvalue weighted by Crippen LogP contribution is -2.60. The minimum Gasteiger partial charge on any atom is -0.465 e. The molecule has 12 heteroatoms. The van der Waals surface area contributed by atoms with E-state index in [1.54, 1.807) is 17.6 Å². The van der Waals surface area contributed by atoms with Crippen molar-refractivity contribution in [3.8, 4) is 10.4 Å². The number of thioether (sulfide) groups is 1. The average Bonchev–Trinajstić information content (AvgIpc) is 3.77. The molecule has 4 aromatic carbocycles. The number of nitrogens with zero attached hydrogens (tertiary/aromatic N) is 2. The molecule has 53 heavy (non-hydrogen) atoms. The molecule has 0 saturated carbocycles. The molecule has 3 atom stereocenters. The summed E-state index contributed by atoms with van der Waals surface area (Å²) in [5.41, 5.74) is 6.10. The molecule has 6 rings (SSSR count). The number of rotatable bonds is 12. The van der Waals surface area contributed by atoms with Gasteiger partial charge in [-0.25, -0.2) is 14.2 Å². The number of carboxylic acid groups (broad SMARTS) is 1. The van der Waals surface area contributed by atoms with Crippen molar-refractivity contribution < 1.29 is 29.0 Å². The second-order valence-corrected chi connectivity index (χ2v) is 16.3. The van der Waals surface area contributed by atoms with Crippen LogP contribution in [-0.2, 0) is 20.9 Å². The number of nitrogens with one attached hydrogen (secondary N) is 2. The molecule has 2 heterocycles. The van der Waals surface area contributed by atoms with Gasteiger partial charge in [0.15, 0.2) is 0 Å². The number of β-amino-alcohol motifs (C(OH)–C–C–N with tert-alkyl or cyclic N) is 1. The minimum absolute atomic E-state index is 0.0156. The fraction of sp³-hybridized carbons (Fsp3) is 0.268. The van der Waals surface area contributed by atoms with Gasteiger partial charge in [0.2, 0.25) is 11.8 Å². The fourth-order valence-corrected chi connectivity index (χ4v) is 9.66. The Labute approximate surface area is 316 Å². The van der Waals surface area contributed by atoms with Crippen LogP contribution < -0.4 is 10.6 Å². The average molecular weight is 753 g/mol. The van der Waals surface area contributed by atoms with Gasteiger partial charge in [-0.3, -0.25) is 9.59 Å². The number of hydrogen-bond acceptors (Lipinski definition) is 7. The summed E-state index contributed by atoms with van der Waals surface area (Å²) in [6.07, 6.45) is -2.45. The number of amides is 3. The molecule has 9 nitrogen and oxygen atoms in total. The zero-order chi connectivity index (χ0) is 37.8. The zero-order valence-corrected chi connectivity index (χ0v) is 31.2. The van der Waals surface area contributed by atoms with E-state index in [1.807, 2.05) is 112 Å². The first-order chi connectivity index (χ1) is 25.4. The first-order valence-electron chi connectivity index (χ1n) is 17.2. The lowest BCUT2D eigenvalue weighted by Gasteiger charge is -2.44. The lowest BCUT2D eigenvalue weighted by atomic mass is 9.84. The van der Waals surface area contributed by atoms with Crippen LogP contribution in [0.15, 0.2) is 115 Å². The first-order valence-corrected chi connectivity index (χ1v) is 18.9. The molecule has 4 N–H and O–H groups in total. The molecule has 0 spiro atoms. The number of likely N-dealkylation sites (tertiary alicyclic amines) is 1. The SMILES string of the molecule is Cc1ncsc1-c1ccc(CNC(=O)[C@H]2C[C@@H](O)CN2C(=O)C(NC(=O)O)C(C)(C)SC(c2ccccc2)(c2ccccc2)c2ccccc2)cc1F. The van der Waals surface area contributed by atoms with Crippen LogP contribution in [-0.4, -0.2) is 67.5 Å². The highest BCUT2D eigenvalue weighted by Gasteiger charge is 2.50. The predicted molar refractivity (Wildman–Crippen MR) is 206 cm³/mol. The van der Waals surface area contributed by atoms with E-state index in [1.165, 1.54) is 34.1 Å². The number of aromatic nitrogens is 1. The molecule has 0 aliphatic carbocycles. The maximum absolute atomic E-state index is 15.1. The van der Waals surface area contributed by atoms with Crippen LogP contribution in [0.3, 0.4) is 0 Å². The van der Waals surface area contributed by atoms with Gasteiger partial charge in [0.25, 0.3) is 0 Å². The Morgan fingerprint density at radius 3 is 2.00 bits per heavy atom. The Hall–Kier alpha value is -5.04. The Kier molecular flexibility index (Phi) is 11.3. The summed E-state index contributed by atoms with van der Waals surface area (Å²) in [4.78, 5) is 46.9. The Balaban J connectivity index is 1.29. The number of carbonyl (C=O) groups is 3. The molecule has 1 saturated heterocycles. The molecular weight excluding hydrogens is 712 g/mol. The molecule has 5 aromatic rings. The van der Waals surface area contributed by atoms with E-state index in [4.69, 9.17) is 0 Å². The molecule has 1 aliphatic heterocycles. The number of benzene rings is 4. The van der Waals surface area contributed by atoms with Crippen LogP contribution in [0.1, 0.15) is 48.2 Å². The molecule has 1 fully saturated rings. The molecular formula is C41H41FN4O5S2. The van der Waals surface area contributed by atoms with Gasteiger partial charge in [0, 0.05) is 29.8 Å². The monoisotopic (exact) mass is 752 g/mol. The Bertz CT molecular complexity index is 1970. The highest BCUT2D eigenvalue weighted by atomic mass is 32.2. The summed E-state index contributed by atoms with van der Waals surface area (Å²) in [7, 11) is 0. The number of aliphatic hydroxyl groups is 1. The van der Waals surface area contributed by atoms with Gasteiger partial charge in [0.1, 0.15) is 17.9 Å². The second kappa shape index (κ2) is 15.9. The maximum Gasteiger partial charge on any atom is 0.405 e. The van der Waals surface area contributed by atoms with E-state index in [2.05, 4.69) is 15.6 Å². The topological polar surface area (TPSA) is 132 Å². The zero-order valence-electron chi connectivity index (χ0n) is 29.5. The molecule has 1 aliphatic rings. The van der Waals surface area contributed by atoms with Gasteiger partial charge in [-0.2, -0.15) is 0 Å². The van der Waals surface area contributed by atoms with Crippen LogP contribution in [0, 0.1) is 12.7 Å². The summed E-state index contributed by atoms with van der Waals surface area (Å²) >= 11 is 2.78. The first kappa shape index (κ1) is 37.7. The largest absolute Gasteiger partial charge is 0.465 e. The molecule has 274 valence electrons. The third-order valence-corrected chi connectivity index (χ3v) is 12.3. The maximum atomic E-state index is 15.1. The summed E-state index contributed by atoms with van der Waals surface area (Å²) in [5.74, 6) is -1.62. The van der Waals surface area contributed by atoms with Gasteiger partial charge in [0.05, 0.1) is 26.9 Å². The van der Waals surface area contributed by atoms with E-state index in [0.717, 1.165) is 27.3 Å². The van der Waals surface area contributed by atoms with E-state index in [9.17, 15) is 24.6 Å². The van der Waals surface area contributed by atoms with Crippen LogP contribution in [0.4, 0.5) is 9.18 Å².